The SMILES string of the molecule is CCC(C)(C)C(=O)OC1CC[C@@]2(C)C(C1)CC(O)C1C3CCC(C(C)CCC(=O)OCCO)[C@@]3(C)CCC12.CCC(C)C(=O)OC1CC[C@@]2(C)C(CCC3C2CC(O)[C@]2(C)C(C(C)CCC(=O)NS(=O)(=O)NC)CCC32)C1.CCC(C)C(=O)O[C@H]1CC[C@@]2(C)C(CCC3C2C[C@H](O)[C@]2(C)C(C(C)CCC(=O)NCCC45CCC(CC4=O)C5(C)C)CCC32)C1. The van der Waals surface area contributed by atoms with Crippen molar-refractivity contribution in [1.82, 2.24) is 14.8 Å². The number of aliphatic hydroxyl groups is 4. The Morgan fingerprint density at radius 2 is 0.959 bits per heavy atom. The number of hydrogen-bond acceptors (Lipinski definition) is 17. The fourth-order valence-electron chi connectivity index (χ4n) is 32.1. The van der Waals surface area contributed by atoms with Crippen LogP contribution in [0.1, 0.15) is 362 Å². The Balaban J connectivity index is 0.000000170. The number of nitrogens with one attached hydrogen (secondary N) is 3. The van der Waals surface area contributed by atoms with Gasteiger partial charge in [0.1, 0.15) is 30.7 Å². The molecule has 14 saturated carbocycles. The van der Waals surface area contributed by atoms with Gasteiger partial charge in [-0.25, -0.2) is 9.44 Å². The van der Waals surface area contributed by atoms with Crippen LogP contribution in [0, 0.1) is 173 Å². The van der Waals surface area contributed by atoms with Crippen LogP contribution >= 0.6 is 0 Å². The highest BCUT2D eigenvalue weighted by atomic mass is 32.2. The second kappa shape index (κ2) is 38.6. The molecule has 0 saturated heterocycles. The molecule has 20 nitrogen and oxygen atoms in total. The van der Waals surface area contributed by atoms with Crippen LogP contribution in [0.2, 0.25) is 0 Å². The Morgan fingerprint density at radius 1 is 0.504 bits per heavy atom. The number of carbonyl (C=O) groups is 7. The molecule has 0 heterocycles. The Labute approximate surface area is 742 Å². The molecule has 2 amide bonds. The summed E-state index contributed by atoms with van der Waals surface area (Å²) in [5.74, 6) is 8.65. The third-order valence-electron chi connectivity index (χ3n) is 41.0. The Bertz CT molecular complexity index is 3810. The largest absolute Gasteiger partial charge is 0.463 e. The van der Waals surface area contributed by atoms with Crippen LogP contribution in [0.4, 0.5) is 0 Å². The van der Waals surface area contributed by atoms with Crippen molar-refractivity contribution in [2.45, 2.75) is 399 Å². The van der Waals surface area contributed by atoms with Crippen molar-refractivity contribution in [3.05, 3.63) is 0 Å². The predicted octanol–water partition coefficient (Wildman–Crippen LogP) is 18.4. The van der Waals surface area contributed by atoms with Crippen molar-refractivity contribution < 1.29 is 81.4 Å². The standard InChI is InChI=1S/C40H65NO5.C32H54O6.C30H52N2O6S/c1-8-24(2)36(45)46-28-16-17-38(6)27(21-28)10-11-29-31-13-12-30(39(31,7)33(42)23-32(29)38)25(3)9-14-35(44)41-20-19-40-18-15-26(22-34(40)43)37(40,4)5;1-7-30(3,4)29(36)38-22-12-14-31(5)21(18-22)19-26(34)28-24-10-9-23(32(24,6)15-13-25(28)31)20(2)8-11-27(35)37-17-16-33;1-7-18(2)28(35)38-21-14-15-29(4)20(16-21)9-10-22-24-12-11-23(30(24,5)26(33)17-25(22)29)19(3)8-13-27(34)32-39(36,37)31-6/h24-33,42H,8-23H2,1-7H3,(H,41,44);20-26,28,33-34H,7-19H2,1-6H3;18-26,31,33H,7-17H2,1-6H3,(H,32,34)/t24?,25?,26?,27?,28-,29?,30?,31?,32?,33-,38-,39+,40?;20?,21?,22?,23?,24?,25?,26?,28?,31-,32+;18?,19?,20?,21?,22?,23?,24?,25?,26?,29-,30+/m000/s1. The van der Waals surface area contributed by atoms with Gasteiger partial charge in [-0.05, 0) is 376 Å². The average Bonchev–Trinajstić information content (AvgIpc) is 1.72. The summed E-state index contributed by atoms with van der Waals surface area (Å²) < 4.78 is 50.6. The van der Waals surface area contributed by atoms with Gasteiger partial charge in [0.25, 0.3) is 0 Å². The molecule has 702 valence electrons. The molecule has 21 heteroatoms. The number of hydrogen-bond donors (Lipinski definition) is 7. The monoisotopic (exact) mass is 1740 g/mol. The maximum atomic E-state index is 13.0. The van der Waals surface area contributed by atoms with Crippen LogP contribution in [0.5, 0.6) is 0 Å². The average molecular weight is 1740 g/mol. The van der Waals surface area contributed by atoms with Gasteiger partial charge in [0, 0.05) is 44.7 Å². The Morgan fingerprint density at radius 3 is 1.44 bits per heavy atom. The van der Waals surface area contributed by atoms with Gasteiger partial charge in [-0.2, -0.15) is 8.42 Å². The van der Waals surface area contributed by atoms with E-state index in [1.165, 1.54) is 52.0 Å². The summed E-state index contributed by atoms with van der Waals surface area (Å²) >= 11 is 0. The van der Waals surface area contributed by atoms with Crippen molar-refractivity contribution >= 4 is 51.7 Å². The molecule has 14 rings (SSSR count). The molecule has 2 bridgehead atoms. The van der Waals surface area contributed by atoms with Gasteiger partial charge in [0.15, 0.2) is 0 Å². The number of amides is 2. The van der Waals surface area contributed by atoms with E-state index in [1.807, 2.05) is 48.5 Å². The first-order chi connectivity index (χ1) is 57.8. The van der Waals surface area contributed by atoms with Gasteiger partial charge in [-0.3, -0.25) is 33.6 Å². The molecule has 0 aliphatic heterocycles. The van der Waals surface area contributed by atoms with Crippen molar-refractivity contribution in [3.63, 3.8) is 0 Å². The molecule has 0 aromatic carbocycles. The number of ether oxygens (including phenoxy) is 4. The van der Waals surface area contributed by atoms with Crippen LogP contribution in [-0.2, 0) is 62.7 Å². The molecule has 14 fully saturated rings. The first-order valence-electron chi connectivity index (χ1n) is 50.3. The van der Waals surface area contributed by atoms with E-state index in [2.05, 4.69) is 90.9 Å². The first kappa shape index (κ1) is 98.3. The zero-order valence-corrected chi connectivity index (χ0v) is 80.7. The quantitative estimate of drug-likeness (QED) is 0.0283. The van der Waals surface area contributed by atoms with Gasteiger partial charge < -0.3 is 44.7 Å². The molecular formula is C102H171N3O17S. The molecule has 123 heavy (non-hydrogen) atoms. The van der Waals surface area contributed by atoms with Crippen molar-refractivity contribution in [3.8, 4) is 0 Å². The third kappa shape index (κ3) is 18.8. The minimum Gasteiger partial charge on any atom is -0.463 e. The fraction of sp³-hybridized carbons (Fsp3) is 0.931. The van der Waals surface area contributed by atoms with E-state index in [0.29, 0.717) is 138 Å². The van der Waals surface area contributed by atoms with E-state index in [0.717, 1.165) is 167 Å². The lowest BCUT2D eigenvalue weighted by Gasteiger charge is -2.62. The maximum Gasteiger partial charge on any atom is 0.311 e. The summed E-state index contributed by atoms with van der Waals surface area (Å²) in [4.78, 5) is 88.0. The first-order valence-corrected chi connectivity index (χ1v) is 51.8. The molecule has 0 aromatic rings. The second-order valence-corrected chi connectivity index (χ2v) is 48.4. The van der Waals surface area contributed by atoms with Crippen LogP contribution < -0.4 is 14.8 Å². The number of esters is 4. The molecule has 14 aliphatic rings. The van der Waals surface area contributed by atoms with E-state index in [1.54, 1.807) is 0 Å². The number of rotatable bonds is 28. The fourth-order valence-corrected chi connectivity index (χ4v) is 32.6. The zero-order valence-electron chi connectivity index (χ0n) is 79.9. The van der Waals surface area contributed by atoms with Crippen LogP contribution in [0.3, 0.4) is 0 Å². The van der Waals surface area contributed by atoms with Crippen LogP contribution in [0.15, 0.2) is 0 Å². The second-order valence-electron chi connectivity index (χ2n) is 46.8. The van der Waals surface area contributed by atoms with Crippen molar-refractivity contribution in [1.29, 1.82) is 0 Å². The highest BCUT2D eigenvalue weighted by Gasteiger charge is 2.69. The number of ketones is 1. The van der Waals surface area contributed by atoms with Crippen molar-refractivity contribution in [2.24, 2.45) is 173 Å². The lowest BCUT2D eigenvalue weighted by molar-refractivity contribution is -0.187. The molecule has 0 aromatic heterocycles. The molecule has 0 radical (unpaired) electrons. The van der Waals surface area contributed by atoms with Gasteiger partial charge in [0.2, 0.25) is 11.8 Å². The van der Waals surface area contributed by atoms with Gasteiger partial charge in [0.05, 0.1) is 42.2 Å². The lowest BCUT2D eigenvalue weighted by Crippen LogP contribution is -2.59. The minimum atomic E-state index is -3.78. The molecular weight excluding hydrogens is 1570 g/mol. The van der Waals surface area contributed by atoms with E-state index in [-0.39, 0.29) is 147 Å². The van der Waals surface area contributed by atoms with Crippen LogP contribution in [-0.4, -0.2) is 134 Å². The molecule has 34 atom stereocenters. The van der Waals surface area contributed by atoms with E-state index in [4.69, 9.17) is 24.1 Å². The zero-order chi connectivity index (χ0) is 89.9. The van der Waals surface area contributed by atoms with Gasteiger partial charge in [-0.1, -0.05) is 111 Å². The number of carbonyl (C=O) groups excluding carboxylic acids is 7. The number of aliphatic hydroxyl groups excluding tert-OH is 4. The van der Waals surface area contributed by atoms with Crippen molar-refractivity contribution in [2.75, 3.05) is 26.8 Å². The predicted molar refractivity (Wildman–Crippen MR) is 478 cm³/mol. The number of Topliss-reactive ketones (excluding diaryl/α,β-unsaturated/α-hetero) is 1. The lowest BCUT2D eigenvalue weighted by atomic mass is 9.43. The smallest absolute Gasteiger partial charge is 0.311 e. The topological polar surface area (TPSA) is 308 Å². The minimum absolute atomic E-state index is 0.0233. The van der Waals surface area contributed by atoms with E-state index < -0.39 is 21.5 Å². The Kier molecular flexibility index (Phi) is 30.8. The molecule has 0 spiro atoms. The molecule has 26 unspecified atom stereocenters. The summed E-state index contributed by atoms with van der Waals surface area (Å²) in [6.45, 7) is 40.4. The normalized spacial score (nSPS) is 42.9. The summed E-state index contributed by atoms with van der Waals surface area (Å²) in [6, 6.07) is 0. The van der Waals surface area contributed by atoms with Gasteiger partial charge >= 0.3 is 34.1 Å². The third-order valence-corrected chi connectivity index (χ3v) is 42.0. The van der Waals surface area contributed by atoms with E-state index >= 15 is 0 Å². The summed E-state index contributed by atoms with van der Waals surface area (Å²) in [5, 5.41) is 47.5. The summed E-state index contributed by atoms with van der Waals surface area (Å²) in [6.07, 6.45) is 33.9. The highest BCUT2D eigenvalue weighted by Crippen LogP contribution is 2.73. The number of fused-ring (bicyclic) bond motifs is 17. The molecule has 14 aliphatic carbocycles. The Hall–Kier alpha value is -3.76. The highest BCUT2D eigenvalue weighted by molar-refractivity contribution is 7.88. The molecule has 7 N–H and O–H groups in total. The van der Waals surface area contributed by atoms with Crippen LogP contribution in [0.25, 0.3) is 0 Å². The summed E-state index contributed by atoms with van der Waals surface area (Å²) in [7, 11) is -2.51. The summed E-state index contributed by atoms with van der Waals surface area (Å²) in [5.41, 5.74) is -0.106. The maximum absolute atomic E-state index is 13.0. The van der Waals surface area contributed by atoms with Gasteiger partial charge in [-0.15, -0.1) is 0 Å². The van der Waals surface area contributed by atoms with E-state index in [9.17, 15) is 57.3 Å².